The second-order valence-corrected chi connectivity index (χ2v) is 12.9. The zero-order chi connectivity index (χ0) is 30.7. The molecule has 2 saturated heterocycles. The van der Waals surface area contributed by atoms with Crippen molar-refractivity contribution in [3.8, 4) is 11.5 Å². The van der Waals surface area contributed by atoms with Gasteiger partial charge < -0.3 is 23.7 Å². The number of hydrogen-bond acceptors (Lipinski definition) is 5. The largest absolute Gasteiger partial charge is 0.494 e. The molecular weight excluding hydrogens is 548 g/mol. The molecular formula is C39H60O5. The normalized spacial score (nSPS) is 21.6. The predicted molar refractivity (Wildman–Crippen MR) is 180 cm³/mol. The van der Waals surface area contributed by atoms with E-state index in [0.717, 1.165) is 56.0 Å². The Morgan fingerprint density at radius 1 is 0.523 bits per heavy atom. The van der Waals surface area contributed by atoms with Gasteiger partial charge in [0.1, 0.15) is 17.6 Å². The molecule has 44 heavy (non-hydrogen) atoms. The highest BCUT2D eigenvalue weighted by atomic mass is 16.7. The van der Waals surface area contributed by atoms with Gasteiger partial charge >= 0.3 is 0 Å². The van der Waals surface area contributed by atoms with Crippen molar-refractivity contribution in [1.29, 1.82) is 0 Å². The van der Waals surface area contributed by atoms with Crippen LogP contribution in [0.3, 0.4) is 0 Å². The summed E-state index contributed by atoms with van der Waals surface area (Å²) < 4.78 is 30.9. The molecule has 0 aromatic heterocycles. The van der Waals surface area contributed by atoms with Crippen molar-refractivity contribution in [2.24, 2.45) is 0 Å². The molecule has 0 radical (unpaired) electrons. The van der Waals surface area contributed by atoms with E-state index in [1.807, 2.05) is 12.1 Å². The quantitative estimate of drug-likeness (QED) is 0.124. The number of unbranched alkanes of at least 4 members (excludes halogenated alkanes) is 14. The highest BCUT2D eigenvalue weighted by Gasteiger charge is 2.38. The van der Waals surface area contributed by atoms with Gasteiger partial charge in [-0.3, -0.25) is 0 Å². The van der Waals surface area contributed by atoms with Gasteiger partial charge in [0.25, 0.3) is 0 Å². The van der Waals surface area contributed by atoms with E-state index >= 15 is 0 Å². The minimum absolute atomic E-state index is 0.0442. The highest BCUT2D eigenvalue weighted by molar-refractivity contribution is 5.29. The van der Waals surface area contributed by atoms with Crippen molar-refractivity contribution >= 4 is 0 Å². The first-order valence-electron chi connectivity index (χ1n) is 18.1. The maximum Gasteiger partial charge on any atom is 0.184 e. The average Bonchev–Trinajstić information content (AvgIpc) is 3.07. The number of benzene rings is 2. The van der Waals surface area contributed by atoms with Crippen LogP contribution in [0.5, 0.6) is 11.5 Å². The molecule has 5 nitrogen and oxygen atoms in total. The minimum Gasteiger partial charge on any atom is -0.494 e. The van der Waals surface area contributed by atoms with Crippen molar-refractivity contribution < 1.29 is 23.7 Å². The third kappa shape index (κ3) is 12.4. The molecule has 0 spiro atoms. The molecule has 2 aliphatic rings. The summed E-state index contributed by atoms with van der Waals surface area (Å²) >= 11 is 0. The van der Waals surface area contributed by atoms with Crippen molar-refractivity contribution in [2.75, 3.05) is 19.8 Å². The van der Waals surface area contributed by atoms with E-state index in [2.05, 4.69) is 50.2 Å². The number of rotatable bonds is 22. The highest BCUT2D eigenvalue weighted by Crippen LogP contribution is 2.39. The van der Waals surface area contributed by atoms with Crippen molar-refractivity contribution in [2.45, 2.75) is 154 Å². The lowest BCUT2D eigenvalue weighted by Gasteiger charge is -2.42. The van der Waals surface area contributed by atoms with Gasteiger partial charge in [-0.2, -0.15) is 0 Å². The van der Waals surface area contributed by atoms with E-state index < -0.39 is 0 Å². The Morgan fingerprint density at radius 2 is 1.00 bits per heavy atom. The van der Waals surface area contributed by atoms with Gasteiger partial charge in [0.05, 0.1) is 32.0 Å². The van der Waals surface area contributed by atoms with Gasteiger partial charge in [-0.05, 0) is 55.5 Å². The third-order valence-corrected chi connectivity index (χ3v) is 9.11. The summed E-state index contributed by atoms with van der Waals surface area (Å²) in [5.74, 6) is 1.86. The SMILES string of the molecule is CCCCCCCCCCCCOc1ccc([C@@H]2OC[C@H]3O[C@@H](c4ccc(OCCCCCCCC)cc4)CC[C@@H]3O2)cc1. The fraction of sp³-hybridized carbons (Fsp3) is 0.692. The first-order valence-corrected chi connectivity index (χ1v) is 18.1. The van der Waals surface area contributed by atoms with E-state index in [0.29, 0.717) is 6.61 Å². The maximum atomic E-state index is 6.46. The third-order valence-electron chi connectivity index (χ3n) is 9.11. The van der Waals surface area contributed by atoms with Crippen molar-refractivity contribution in [3.05, 3.63) is 59.7 Å². The van der Waals surface area contributed by atoms with E-state index in [-0.39, 0.29) is 24.6 Å². The number of fused-ring (bicyclic) bond motifs is 1. The molecule has 2 aromatic rings. The van der Waals surface area contributed by atoms with Crippen LogP contribution in [-0.2, 0) is 14.2 Å². The van der Waals surface area contributed by atoms with Crippen LogP contribution >= 0.6 is 0 Å². The molecule has 2 aromatic carbocycles. The summed E-state index contributed by atoms with van der Waals surface area (Å²) in [4.78, 5) is 0. The summed E-state index contributed by atoms with van der Waals surface area (Å²) in [7, 11) is 0. The maximum absolute atomic E-state index is 6.46. The molecule has 2 heterocycles. The molecule has 5 heteroatoms. The van der Waals surface area contributed by atoms with Gasteiger partial charge in [0, 0.05) is 5.56 Å². The molecule has 0 saturated carbocycles. The van der Waals surface area contributed by atoms with Gasteiger partial charge in [0.15, 0.2) is 6.29 Å². The Labute approximate surface area is 268 Å². The first kappa shape index (κ1) is 34.8. The van der Waals surface area contributed by atoms with Crippen molar-refractivity contribution in [1.82, 2.24) is 0 Å². The summed E-state index contributed by atoms with van der Waals surface area (Å²) in [5, 5.41) is 0. The van der Waals surface area contributed by atoms with E-state index in [9.17, 15) is 0 Å². The Hall–Kier alpha value is -2.08. The van der Waals surface area contributed by atoms with Gasteiger partial charge in [-0.1, -0.05) is 128 Å². The monoisotopic (exact) mass is 608 g/mol. The van der Waals surface area contributed by atoms with E-state index in [1.54, 1.807) is 0 Å². The van der Waals surface area contributed by atoms with Crippen LogP contribution in [0.4, 0.5) is 0 Å². The average molecular weight is 609 g/mol. The zero-order valence-corrected chi connectivity index (χ0v) is 27.8. The van der Waals surface area contributed by atoms with Gasteiger partial charge in [-0.25, -0.2) is 0 Å². The molecule has 0 amide bonds. The molecule has 0 aliphatic carbocycles. The second-order valence-electron chi connectivity index (χ2n) is 12.9. The first-order chi connectivity index (χ1) is 21.8. The Morgan fingerprint density at radius 3 is 1.52 bits per heavy atom. The molecule has 0 unspecified atom stereocenters. The molecule has 4 rings (SSSR count). The zero-order valence-electron chi connectivity index (χ0n) is 27.8. The van der Waals surface area contributed by atoms with Crippen LogP contribution in [0.15, 0.2) is 48.5 Å². The van der Waals surface area contributed by atoms with Crippen LogP contribution < -0.4 is 9.47 Å². The number of ether oxygens (including phenoxy) is 5. The minimum atomic E-state index is -0.351. The van der Waals surface area contributed by atoms with Crippen LogP contribution in [0, 0.1) is 0 Å². The molecule has 2 fully saturated rings. The van der Waals surface area contributed by atoms with Crippen LogP contribution in [-0.4, -0.2) is 32.0 Å². The lowest BCUT2D eigenvalue weighted by molar-refractivity contribution is -0.289. The van der Waals surface area contributed by atoms with E-state index in [1.165, 1.54) is 95.5 Å². The fourth-order valence-electron chi connectivity index (χ4n) is 6.32. The summed E-state index contributed by atoms with van der Waals surface area (Å²) in [6, 6.07) is 16.7. The predicted octanol–water partition coefficient (Wildman–Crippen LogP) is 11.1. The van der Waals surface area contributed by atoms with Crippen molar-refractivity contribution in [3.63, 3.8) is 0 Å². The standard InChI is InChI=1S/C39H60O5/c1-3-5-7-9-11-12-13-14-16-18-30-41-35-25-21-33(22-26-35)39-42-31-38-37(44-39)28-27-36(43-38)32-19-23-34(24-20-32)40-29-17-15-10-8-6-4-2/h19-26,36-39H,3-18,27-31H2,1-2H3/t36-,37+,38-,39-/m1/s1. The summed E-state index contributed by atoms with van der Waals surface area (Å²) in [5.41, 5.74) is 2.24. The molecule has 246 valence electrons. The number of hydrogen-bond donors (Lipinski definition) is 0. The Bertz CT molecular complexity index is 991. The lowest BCUT2D eigenvalue weighted by Crippen LogP contribution is -2.45. The van der Waals surface area contributed by atoms with Crippen LogP contribution in [0.2, 0.25) is 0 Å². The molecule has 2 aliphatic heterocycles. The molecule has 0 bridgehead atoms. The topological polar surface area (TPSA) is 46.2 Å². The van der Waals surface area contributed by atoms with Crippen LogP contribution in [0.1, 0.15) is 153 Å². The lowest BCUT2D eigenvalue weighted by atomic mass is 9.95. The van der Waals surface area contributed by atoms with E-state index in [4.69, 9.17) is 23.7 Å². The molecule has 0 N–H and O–H groups in total. The molecule has 4 atom stereocenters. The summed E-state index contributed by atoms with van der Waals surface area (Å²) in [6.07, 6.45) is 22.7. The second kappa shape index (κ2) is 20.9. The smallest absolute Gasteiger partial charge is 0.184 e. The van der Waals surface area contributed by atoms with Crippen LogP contribution in [0.25, 0.3) is 0 Å². The van der Waals surface area contributed by atoms with Gasteiger partial charge in [-0.15, -0.1) is 0 Å². The van der Waals surface area contributed by atoms with Gasteiger partial charge in [0.2, 0.25) is 0 Å². The fourth-order valence-corrected chi connectivity index (χ4v) is 6.32. The Balaban J connectivity index is 1.08. The summed E-state index contributed by atoms with van der Waals surface area (Å²) in [6.45, 7) is 6.65. The Kier molecular flexibility index (Phi) is 16.5.